The molecule has 1 saturated heterocycles. The van der Waals surface area contributed by atoms with Crippen molar-refractivity contribution in [2.24, 2.45) is 0 Å². The van der Waals surface area contributed by atoms with E-state index in [-0.39, 0.29) is 12.5 Å². The van der Waals surface area contributed by atoms with E-state index in [0.717, 1.165) is 39.4 Å². The van der Waals surface area contributed by atoms with E-state index in [9.17, 15) is 9.59 Å². The second kappa shape index (κ2) is 9.24. The zero-order chi connectivity index (χ0) is 16.5. The Morgan fingerprint density at radius 3 is 2.83 bits per heavy atom. The number of ether oxygens (including phenoxy) is 2. The summed E-state index contributed by atoms with van der Waals surface area (Å²) in [6.45, 7) is 5.30. The number of nitrogens with zero attached hydrogens (tertiary/aromatic N) is 1. The van der Waals surface area contributed by atoms with Gasteiger partial charge in [-0.25, -0.2) is 4.79 Å². The van der Waals surface area contributed by atoms with Crippen molar-refractivity contribution in [1.29, 1.82) is 0 Å². The summed E-state index contributed by atoms with van der Waals surface area (Å²) in [5, 5.41) is 5.87. The third-order valence-corrected chi connectivity index (χ3v) is 3.56. The lowest BCUT2D eigenvalue weighted by atomic mass is 10.2. The number of carbonyl (C=O) groups is 2. The molecule has 0 bridgehead atoms. The number of benzene rings is 1. The molecule has 23 heavy (non-hydrogen) atoms. The lowest BCUT2D eigenvalue weighted by Gasteiger charge is -2.26. The summed E-state index contributed by atoms with van der Waals surface area (Å²) in [5.74, 6) is -0.571. The first kappa shape index (κ1) is 17.4. The maximum atomic E-state index is 11.9. The van der Waals surface area contributed by atoms with Crippen molar-refractivity contribution >= 4 is 17.6 Å². The largest absolute Gasteiger partial charge is 0.465 e. The minimum atomic E-state index is -0.426. The molecule has 0 saturated carbocycles. The summed E-state index contributed by atoms with van der Waals surface area (Å²) >= 11 is 0. The summed E-state index contributed by atoms with van der Waals surface area (Å²) in [6.07, 6.45) is 0. The second-order valence-electron chi connectivity index (χ2n) is 5.25. The fourth-order valence-corrected chi connectivity index (χ4v) is 2.31. The van der Waals surface area contributed by atoms with Crippen molar-refractivity contribution in [2.45, 2.75) is 0 Å². The van der Waals surface area contributed by atoms with Gasteiger partial charge in [-0.05, 0) is 18.2 Å². The van der Waals surface area contributed by atoms with Crippen LogP contribution in [0.2, 0.25) is 0 Å². The first-order chi connectivity index (χ1) is 11.2. The van der Waals surface area contributed by atoms with Gasteiger partial charge in [-0.3, -0.25) is 9.69 Å². The van der Waals surface area contributed by atoms with Crippen LogP contribution in [-0.2, 0) is 14.3 Å². The highest BCUT2D eigenvalue weighted by Gasteiger charge is 2.10. The molecule has 1 aliphatic rings. The van der Waals surface area contributed by atoms with Gasteiger partial charge in [0.25, 0.3) is 0 Å². The highest BCUT2D eigenvalue weighted by Crippen LogP contribution is 2.11. The fraction of sp³-hybridized carbons (Fsp3) is 0.500. The third kappa shape index (κ3) is 5.97. The smallest absolute Gasteiger partial charge is 0.337 e. The van der Waals surface area contributed by atoms with Gasteiger partial charge < -0.3 is 20.1 Å². The average Bonchev–Trinajstić information content (AvgIpc) is 2.59. The number of methoxy groups -OCH3 is 1. The van der Waals surface area contributed by atoms with Crippen LogP contribution in [0, 0.1) is 0 Å². The minimum Gasteiger partial charge on any atom is -0.465 e. The van der Waals surface area contributed by atoms with Crippen molar-refractivity contribution in [3.8, 4) is 0 Å². The van der Waals surface area contributed by atoms with Crippen LogP contribution in [0.3, 0.4) is 0 Å². The monoisotopic (exact) mass is 321 g/mol. The molecule has 126 valence electrons. The molecule has 1 aromatic rings. The predicted octanol–water partition coefficient (Wildman–Crippen LogP) is 0.334. The van der Waals surface area contributed by atoms with Crippen molar-refractivity contribution in [1.82, 2.24) is 10.2 Å². The Bertz CT molecular complexity index is 530. The van der Waals surface area contributed by atoms with Crippen LogP contribution in [0.5, 0.6) is 0 Å². The van der Waals surface area contributed by atoms with E-state index >= 15 is 0 Å². The second-order valence-corrected chi connectivity index (χ2v) is 5.25. The van der Waals surface area contributed by atoms with Crippen LogP contribution < -0.4 is 10.6 Å². The molecule has 7 nitrogen and oxygen atoms in total. The van der Waals surface area contributed by atoms with Gasteiger partial charge in [0.1, 0.15) is 0 Å². The molecular weight excluding hydrogens is 298 g/mol. The van der Waals surface area contributed by atoms with Crippen molar-refractivity contribution in [3.63, 3.8) is 0 Å². The summed E-state index contributed by atoms with van der Waals surface area (Å²) in [6, 6.07) is 6.67. The van der Waals surface area contributed by atoms with Crippen molar-refractivity contribution in [3.05, 3.63) is 29.8 Å². The van der Waals surface area contributed by atoms with E-state index in [0.29, 0.717) is 11.3 Å². The Hall–Kier alpha value is -1.96. The molecule has 1 amide bonds. The highest BCUT2D eigenvalue weighted by atomic mass is 16.5. The Kier molecular flexibility index (Phi) is 6.99. The van der Waals surface area contributed by atoms with Gasteiger partial charge in [-0.2, -0.15) is 0 Å². The van der Waals surface area contributed by atoms with E-state index in [2.05, 4.69) is 20.3 Å². The van der Waals surface area contributed by atoms with Gasteiger partial charge in [-0.15, -0.1) is 0 Å². The van der Waals surface area contributed by atoms with Gasteiger partial charge in [0, 0.05) is 31.9 Å². The topological polar surface area (TPSA) is 79.9 Å². The zero-order valence-corrected chi connectivity index (χ0v) is 13.3. The normalized spacial score (nSPS) is 15.2. The van der Waals surface area contributed by atoms with Crippen LogP contribution in [0.25, 0.3) is 0 Å². The first-order valence-electron chi connectivity index (χ1n) is 7.68. The van der Waals surface area contributed by atoms with Crippen LogP contribution >= 0.6 is 0 Å². The van der Waals surface area contributed by atoms with E-state index < -0.39 is 5.97 Å². The predicted molar refractivity (Wildman–Crippen MR) is 86.5 cm³/mol. The molecule has 0 radical (unpaired) electrons. The van der Waals surface area contributed by atoms with Crippen LogP contribution in [-0.4, -0.2) is 69.8 Å². The molecule has 1 heterocycles. The summed E-state index contributed by atoms with van der Waals surface area (Å²) in [7, 11) is 1.33. The van der Waals surface area contributed by atoms with Crippen LogP contribution in [0.15, 0.2) is 24.3 Å². The maximum Gasteiger partial charge on any atom is 0.337 e. The number of hydrogen-bond acceptors (Lipinski definition) is 6. The van der Waals surface area contributed by atoms with Gasteiger partial charge in [-0.1, -0.05) is 6.07 Å². The third-order valence-electron chi connectivity index (χ3n) is 3.56. The van der Waals surface area contributed by atoms with E-state index in [4.69, 9.17) is 4.74 Å². The molecule has 7 heteroatoms. The Morgan fingerprint density at radius 2 is 2.09 bits per heavy atom. The van der Waals surface area contributed by atoms with E-state index in [1.807, 2.05) is 0 Å². The molecule has 0 aliphatic carbocycles. The fourth-order valence-electron chi connectivity index (χ4n) is 2.31. The molecule has 1 aliphatic heterocycles. The SMILES string of the molecule is COC(=O)c1cccc(NC(=O)CNCCN2CCOCC2)c1. The molecule has 2 N–H and O–H groups in total. The lowest BCUT2D eigenvalue weighted by Crippen LogP contribution is -2.41. The number of amides is 1. The number of rotatable bonds is 7. The standard InChI is InChI=1S/C16H23N3O4/c1-22-16(21)13-3-2-4-14(11-13)18-15(20)12-17-5-6-19-7-9-23-10-8-19/h2-4,11,17H,5-10,12H2,1H3,(H,18,20). The molecule has 0 spiro atoms. The summed E-state index contributed by atoms with van der Waals surface area (Å²) < 4.78 is 9.94. The van der Waals surface area contributed by atoms with Crippen LogP contribution in [0.1, 0.15) is 10.4 Å². The van der Waals surface area contributed by atoms with Gasteiger partial charge in [0.15, 0.2) is 0 Å². The molecule has 0 aromatic heterocycles. The summed E-state index contributed by atoms with van der Waals surface area (Å²) in [5.41, 5.74) is 0.985. The first-order valence-corrected chi connectivity index (χ1v) is 7.68. The molecule has 0 atom stereocenters. The van der Waals surface area contributed by atoms with E-state index in [1.54, 1.807) is 24.3 Å². The number of nitrogens with one attached hydrogen (secondary N) is 2. The molecule has 2 rings (SSSR count). The number of morpholine rings is 1. The Morgan fingerprint density at radius 1 is 1.30 bits per heavy atom. The maximum absolute atomic E-state index is 11.9. The summed E-state index contributed by atoms with van der Waals surface area (Å²) in [4.78, 5) is 25.6. The zero-order valence-electron chi connectivity index (χ0n) is 13.3. The highest BCUT2D eigenvalue weighted by molar-refractivity contribution is 5.95. The number of hydrogen-bond donors (Lipinski definition) is 2. The quantitative estimate of drug-likeness (QED) is 0.557. The Balaban J connectivity index is 1.69. The Labute approximate surface area is 135 Å². The van der Waals surface area contributed by atoms with E-state index in [1.165, 1.54) is 7.11 Å². The number of carbonyl (C=O) groups excluding carboxylic acids is 2. The lowest BCUT2D eigenvalue weighted by molar-refractivity contribution is -0.115. The van der Waals surface area contributed by atoms with Gasteiger partial charge >= 0.3 is 5.97 Å². The van der Waals surface area contributed by atoms with Gasteiger partial charge in [0.2, 0.25) is 5.91 Å². The molecular formula is C16H23N3O4. The van der Waals surface area contributed by atoms with Crippen molar-refractivity contribution < 1.29 is 19.1 Å². The minimum absolute atomic E-state index is 0.144. The molecule has 1 fully saturated rings. The van der Waals surface area contributed by atoms with Crippen LogP contribution in [0.4, 0.5) is 5.69 Å². The number of anilines is 1. The average molecular weight is 321 g/mol. The molecule has 0 unspecified atom stereocenters. The number of esters is 1. The van der Waals surface area contributed by atoms with Crippen molar-refractivity contribution in [2.75, 3.05) is 58.4 Å². The molecule has 1 aromatic carbocycles. The van der Waals surface area contributed by atoms with Gasteiger partial charge in [0.05, 0.1) is 32.4 Å².